The van der Waals surface area contributed by atoms with Crippen LogP contribution in [0.25, 0.3) is 0 Å². The van der Waals surface area contributed by atoms with Crippen molar-refractivity contribution in [3.8, 4) is 0 Å². The highest BCUT2D eigenvalue weighted by atomic mass is 16.5. The quantitative estimate of drug-likeness (QED) is 0.759. The highest BCUT2D eigenvalue weighted by Crippen LogP contribution is 2.10. The van der Waals surface area contributed by atoms with Crippen molar-refractivity contribution in [2.75, 3.05) is 52.4 Å². The van der Waals surface area contributed by atoms with E-state index < -0.39 is 0 Å². The van der Waals surface area contributed by atoms with Crippen molar-refractivity contribution in [2.45, 2.75) is 38.8 Å². The van der Waals surface area contributed by atoms with Crippen molar-refractivity contribution in [2.24, 2.45) is 0 Å². The Labute approximate surface area is 112 Å². The van der Waals surface area contributed by atoms with Gasteiger partial charge in [-0.25, -0.2) is 0 Å². The van der Waals surface area contributed by atoms with Crippen LogP contribution in [0.3, 0.4) is 0 Å². The van der Waals surface area contributed by atoms with Crippen LogP contribution in [0.1, 0.15) is 26.7 Å². The van der Waals surface area contributed by atoms with Crippen molar-refractivity contribution in [3.63, 3.8) is 0 Å². The highest BCUT2D eigenvalue weighted by Gasteiger charge is 2.23. The molecule has 0 aliphatic carbocycles. The van der Waals surface area contributed by atoms with Crippen LogP contribution in [0, 0.1) is 0 Å². The molecule has 0 aromatic heterocycles. The zero-order chi connectivity index (χ0) is 12.8. The van der Waals surface area contributed by atoms with Gasteiger partial charge in [-0.2, -0.15) is 0 Å². The minimum absolute atomic E-state index is 0.403. The van der Waals surface area contributed by atoms with Crippen LogP contribution >= 0.6 is 0 Å². The summed E-state index contributed by atoms with van der Waals surface area (Å²) in [4.78, 5) is 5.04. The second-order valence-electron chi connectivity index (χ2n) is 5.53. The minimum atomic E-state index is 0.403. The normalized spacial score (nSPS) is 30.2. The van der Waals surface area contributed by atoms with Crippen LogP contribution in [0.15, 0.2) is 0 Å². The van der Waals surface area contributed by atoms with Crippen molar-refractivity contribution in [3.05, 3.63) is 0 Å². The van der Waals surface area contributed by atoms with Crippen molar-refractivity contribution in [1.29, 1.82) is 0 Å². The zero-order valence-corrected chi connectivity index (χ0v) is 12.0. The van der Waals surface area contributed by atoms with Crippen LogP contribution in [0.2, 0.25) is 0 Å². The topological polar surface area (TPSA) is 27.7 Å². The van der Waals surface area contributed by atoms with E-state index >= 15 is 0 Å². The van der Waals surface area contributed by atoms with Crippen LogP contribution in [-0.2, 0) is 4.74 Å². The van der Waals surface area contributed by atoms with Gasteiger partial charge in [0.2, 0.25) is 0 Å². The maximum Gasteiger partial charge on any atom is 0.0829 e. The number of likely N-dealkylation sites (N-methyl/N-ethyl adjacent to an activating group) is 2. The molecule has 0 saturated carbocycles. The molecule has 18 heavy (non-hydrogen) atoms. The molecule has 2 aliphatic heterocycles. The van der Waals surface area contributed by atoms with Crippen molar-refractivity contribution >= 4 is 0 Å². The molecule has 2 unspecified atom stereocenters. The molecule has 0 bridgehead atoms. The summed E-state index contributed by atoms with van der Waals surface area (Å²) >= 11 is 0. The molecule has 2 saturated heterocycles. The Balaban J connectivity index is 1.74. The summed E-state index contributed by atoms with van der Waals surface area (Å²) < 4.78 is 5.90. The van der Waals surface area contributed by atoms with Crippen LogP contribution < -0.4 is 5.32 Å². The zero-order valence-electron chi connectivity index (χ0n) is 12.0. The van der Waals surface area contributed by atoms with Gasteiger partial charge in [-0.05, 0) is 32.5 Å². The molecule has 4 heteroatoms. The van der Waals surface area contributed by atoms with E-state index in [2.05, 4.69) is 29.0 Å². The Morgan fingerprint density at radius 3 is 2.89 bits per heavy atom. The van der Waals surface area contributed by atoms with Gasteiger partial charge in [-0.15, -0.1) is 0 Å². The van der Waals surface area contributed by atoms with E-state index in [1.165, 1.54) is 25.9 Å². The monoisotopic (exact) mass is 255 g/mol. The van der Waals surface area contributed by atoms with Gasteiger partial charge in [0, 0.05) is 32.2 Å². The van der Waals surface area contributed by atoms with Gasteiger partial charge >= 0.3 is 0 Å². The molecule has 0 amide bonds. The Hall–Kier alpha value is -0.160. The van der Waals surface area contributed by atoms with Crippen LogP contribution in [0.5, 0.6) is 0 Å². The van der Waals surface area contributed by atoms with Gasteiger partial charge in [0.1, 0.15) is 0 Å². The van der Waals surface area contributed by atoms with E-state index in [1.807, 2.05) is 0 Å². The molecule has 2 fully saturated rings. The molecule has 0 aromatic rings. The fraction of sp³-hybridized carbons (Fsp3) is 1.00. The number of nitrogens with zero attached hydrogens (tertiary/aromatic N) is 2. The lowest BCUT2D eigenvalue weighted by Gasteiger charge is -2.35. The molecule has 106 valence electrons. The third-order valence-electron chi connectivity index (χ3n) is 4.22. The highest BCUT2D eigenvalue weighted by molar-refractivity contribution is 4.80. The third-order valence-corrected chi connectivity index (χ3v) is 4.22. The molecule has 1 N–H and O–H groups in total. The Kier molecular flexibility index (Phi) is 5.89. The summed E-state index contributed by atoms with van der Waals surface area (Å²) in [6.07, 6.45) is 3.08. The maximum absolute atomic E-state index is 5.90. The van der Waals surface area contributed by atoms with E-state index in [0.717, 1.165) is 39.3 Å². The Morgan fingerprint density at radius 1 is 1.33 bits per heavy atom. The van der Waals surface area contributed by atoms with Crippen molar-refractivity contribution in [1.82, 2.24) is 15.1 Å². The van der Waals surface area contributed by atoms with E-state index in [-0.39, 0.29) is 0 Å². The summed E-state index contributed by atoms with van der Waals surface area (Å²) in [5.41, 5.74) is 0. The summed E-state index contributed by atoms with van der Waals surface area (Å²) in [6.45, 7) is 13.4. The number of hydrogen-bond donors (Lipinski definition) is 1. The number of hydrogen-bond acceptors (Lipinski definition) is 4. The number of morpholine rings is 1. The molecule has 2 rings (SSSR count). The lowest BCUT2D eigenvalue weighted by molar-refractivity contribution is -0.0419. The van der Waals surface area contributed by atoms with Gasteiger partial charge in [0.25, 0.3) is 0 Å². The predicted molar refractivity (Wildman–Crippen MR) is 75.0 cm³/mol. The first-order valence-corrected chi connectivity index (χ1v) is 7.61. The molecule has 2 aliphatic rings. The molecule has 2 atom stereocenters. The second-order valence-corrected chi connectivity index (χ2v) is 5.53. The average molecular weight is 255 g/mol. The standard InChI is InChI=1S/C14H29N3O/c1-3-16-8-9-18-14(11-16)12-17(4-2)10-13-6-5-7-15-13/h13-15H,3-12H2,1-2H3. The lowest BCUT2D eigenvalue weighted by atomic mass is 10.2. The smallest absolute Gasteiger partial charge is 0.0829 e. The minimum Gasteiger partial charge on any atom is -0.374 e. The van der Waals surface area contributed by atoms with Crippen molar-refractivity contribution < 1.29 is 4.74 Å². The lowest BCUT2D eigenvalue weighted by Crippen LogP contribution is -2.49. The van der Waals surface area contributed by atoms with Gasteiger partial charge in [0.05, 0.1) is 12.7 Å². The first-order valence-electron chi connectivity index (χ1n) is 7.61. The molecule has 0 radical (unpaired) electrons. The third kappa shape index (κ3) is 4.19. The van der Waals surface area contributed by atoms with E-state index in [0.29, 0.717) is 12.1 Å². The molecule has 2 heterocycles. The Bertz CT molecular complexity index is 231. The van der Waals surface area contributed by atoms with Crippen LogP contribution in [0.4, 0.5) is 0 Å². The predicted octanol–water partition coefficient (Wildman–Crippen LogP) is 0.781. The maximum atomic E-state index is 5.90. The first kappa shape index (κ1) is 14.3. The number of nitrogens with one attached hydrogen (secondary N) is 1. The van der Waals surface area contributed by atoms with Crippen LogP contribution in [-0.4, -0.2) is 74.4 Å². The number of rotatable bonds is 6. The van der Waals surface area contributed by atoms with E-state index in [1.54, 1.807) is 0 Å². The average Bonchev–Trinajstić information content (AvgIpc) is 2.91. The largest absolute Gasteiger partial charge is 0.374 e. The summed E-state index contributed by atoms with van der Waals surface area (Å²) in [5.74, 6) is 0. The number of ether oxygens (including phenoxy) is 1. The fourth-order valence-electron chi connectivity index (χ4n) is 3.02. The molecule has 0 spiro atoms. The Morgan fingerprint density at radius 2 is 2.22 bits per heavy atom. The fourth-order valence-corrected chi connectivity index (χ4v) is 3.02. The SMILES string of the molecule is CCN1CCOC(CN(CC)CC2CCCN2)C1. The van der Waals surface area contributed by atoms with Gasteiger partial charge in [-0.3, -0.25) is 9.80 Å². The van der Waals surface area contributed by atoms with Gasteiger partial charge < -0.3 is 10.1 Å². The summed E-state index contributed by atoms with van der Waals surface area (Å²) in [6, 6.07) is 0.704. The molecular formula is C14H29N3O. The molecule has 4 nitrogen and oxygen atoms in total. The summed E-state index contributed by atoms with van der Waals surface area (Å²) in [7, 11) is 0. The first-order chi connectivity index (χ1) is 8.81. The second kappa shape index (κ2) is 7.43. The van der Waals surface area contributed by atoms with E-state index in [4.69, 9.17) is 4.74 Å². The van der Waals surface area contributed by atoms with Gasteiger partial charge in [0.15, 0.2) is 0 Å². The summed E-state index contributed by atoms with van der Waals surface area (Å²) in [5, 5.41) is 3.59. The molecular weight excluding hydrogens is 226 g/mol. The van der Waals surface area contributed by atoms with Gasteiger partial charge in [-0.1, -0.05) is 13.8 Å². The van der Waals surface area contributed by atoms with E-state index in [9.17, 15) is 0 Å². The molecule has 0 aromatic carbocycles.